The second kappa shape index (κ2) is 8.92. The molecule has 0 spiro atoms. The first-order chi connectivity index (χ1) is 10.9. The number of methoxy groups -OCH3 is 1. The SMILES string of the molecule is CCCCN(C)C(=O)CN(C(C)=O)c1ccc(C(=O)OC)cc1. The van der Waals surface area contributed by atoms with Crippen molar-refractivity contribution in [2.75, 3.05) is 32.1 Å². The number of likely N-dealkylation sites (N-methyl/N-ethyl adjacent to an activating group) is 1. The van der Waals surface area contributed by atoms with Gasteiger partial charge in [-0.15, -0.1) is 0 Å². The van der Waals surface area contributed by atoms with Crippen molar-refractivity contribution in [2.45, 2.75) is 26.7 Å². The summed E-state index contributed by atoms with van der Waals surface area (Å²) in [6, 6.07) is 6.41. The zero-order valence-electron chi connectivity index (χ0n) is 14.2. The maximum Gasteiger partial charge on any atom is 0.337 e. The van der Waals surface area contributed by atoms with Gasteiger partial charge in [0, 0.05) is 26.2 Å². The average molecular weight is 320 g/mol. The number of hydrogen-bond acceptors (Lipinski definition) is 4. The van der Waals surface area contributed by atoms with Crippen LogP contribution >= 0.6 is 0 Å². The van der Waals surface area contributed by atoms with E-state index in [2.05, 4.69) is 11.7 Å². The lowest BCUT2D eigenvalue weighted by atomic mass is 10.2. The summed E-state index contributed by atoms with van der Waals surface area (Å²) in [6.45, 7) is 4.12. The number of ether oxygens (including phenoxy) is 1. The molecule has 1 aromatic rings. The molecule has 0 aromatic heterocycles. The Kier molecular flexibility index (Phi) is 7.25. The molecule has 0 aliphatic carbocycles. The molecule has 0 saturated carbocycles. The normalized spacial score (nSPS) is 10.1. The Labute approximate surface area is 137 Å². The average Bonchev–Trinajstić information content (AvgIpc) is 2.56. The van der Waals surface area contributed by atoms with Crippen LogP contribution in [0.4, 0.5) is 5.69 Å². The highest BCUT2D eigenvalue weighted by Gasteiger charge is 2.18. The second-order valence-electron chi connectivity index (χ2n) is 5.31. The number of hydrogen-bond donors (Lipinski definition) is 0. The summed E-state index contributed by atoms with van der Waals surface area (Å²) in [5.41, 5.74) is 0.966. The molecule has 6 nitrogen and oxygen atoms in total. The Morgan fingerprint density at radius 3 is 2.22 bits per heavy atom. The number of amides is 2. The Balaban J connectivity index is 2.84. The van der Waals surface area contributed by atoms with E-state index in [-0.39, 0.29) is 18.4 Å². The van der Waals surface area contributed by atoms with Crippen molar-refractivity contribution in [2.24, 2.45) is 0 Å². The molecule has 0 heterocycles. The fourth-order valence-electron chi connectivity index (χ4n) is 2.06. The smallest absolute Gasteiger partial charge is 0.337 e. The Morgan fingerprint density at radius 2 is 1.74 bits per heavy atom. The maximum absolute atomic E-state index is 12.2. The zero-order valence-corrected chi connectivity index (χ0v) is 14.2. The van der Waals surface area contributed by atoms with Crippen molar-refractivity contribution in [3.63, 3.8) is 0 Å². The topological polar surface area (TPSA) is 66.9 Å². The minimum absolute atomic E-state index is 0.0207. The molecular formula is C17H24N2O4. The van der Waals surface area contributed by atoms with Crippen LogP contribution in [0.3, 0.4) is 0 Å². The van der Waals surface area contributed by atoms with Gasteiger partial charge in [0.1, 0.15) is 6.54 Å². The van der Waals surface area contributed by atoms with Crippen LogP contribution < -0.4 is 4.90 Å². The number of anilines is 1. The molecule has 6 heteroatoms. The van der Waals surface area contributed by atoms with Crippen LogP contribution in [0.1, 0.15) is 37.0 Å². The van der Waals surface area contributed by atoms with Gasteiger partial charge in [-0.2, -0.15) is 0 Å². The summed E-state index contributed by atoms with van der Waals surface area (Å²) in [6.07, 6.45) is 1.93. The molecule has 0 unspecified atom stereocenters. The van der Waals surface area contributed by atoms with Crippen molar-refractivity contribution < 1.29 is 19.1 Å². The Bertz CT molecular complexity index is 554. The van der Waals surface area contributed by atoms with E-state index in [4.69, 9.17) is 0 Å². The molecule has 0 saturated heterocycles. The molecule has 0 radical (unpaired) electrons. The molecule has 23 heavy (non-hydrogen) atoms. The van der Waals surface area contributed by atoms with Gasteiger partial charge < -0.3 is 14.5 Å². The highest BCUT2D eigenvalue weighted by Crippen LogP contribution is 2.16. The predicted octanol–water partition coefficient (Wildman–Crippen LogP) is 2.08. The van der Waals surface area contributed by atoms with Crippen molar-refractivity contribution in [1.82, 2.24) is 4.90 Å². The Hall–Kier alpha value is -2.37. The first-order valence-corrected chi connectivity index (χ1v) is 7.61. The van der Waals surface area contributed by atoms with E-state index in [9.17, 15) is 14.4 Å². The fraction of sp³-hybridized carbons (Fsp3) is 0.471. The van der Waals surface area contributed by atoms with E-state index >= 15 is 0 Å². The number of carbonyl (C=O) groups is 3. The number of benzene rings is 1. The van der Waals surface area contributed by atoms with Gasteiger partial charge in [-0.1, -0.05) is 13.3 Å². The quantitative estimate of drug-likeness (QED) is 0.722. The van der Waals surface area contributed by atoms with Gasteiger partial charge in [-0.25, -0.2) is 4.79 Å². The maximum atomic E-state index is 12.2. The molecule has 0 aliphatic heterocycles. The molecule has 0 fully saturated rings. The summed E-state index contributed by atoms with van der Waals surface area (Å²) in [7, 11) is 3.04. The summed E-state index contributed by atoms with van der Waals surface area (Å²) < 4.78 is 4.64. The third-order valence-corrected chi connectivity index (χ3v) is 3.55. The molecular weight excluding hydrogens is 296 g/mol. The fourth-order valence-corrected chi connectivity index (χ4v) is 2.06. The molecule has 126 valence electrons. The van der Waals surface area contributed by atoms with Gasteiger partial charge in [0.15, 0.2) is 0 Å². The lowest BCUT2D eigenvalue weighted by Gasteiger charge is -2.24. The molecule has 2 amide bonds. The molecule has 0 bridgehead atoms. The first-order valence-electron chi connectivity index (χ1n) is 7.61. The summed E-state index contributed by atoms with van der Waals surface area (Å²) >= 11 is 0. The number of unbranched alkanes of at least 4 members (excludes halogenated alkanes) is 1. The lowest BCUT2D eigenvalue weighted by Crippen LogP contribution is -2.41. The third-order valence-electron chi connectivity index (χ3n) is 3.55. The van der Waals surface area contributed by atoms with Crippen molar-refractivity contribution in [3.05, 3.63) is 29.8 Å². The van der Waals surface area contributed by atoms with Gasteiger partial charge in [0.2, 0.25) is 11.8 Å². The van der Waals surface area contributed by atoms with Gasteiger partial charge in [0.25, 0.3) is 0 Å². The number of carbonyl (C=O) groups excluding carboxylic acids is 3. The van der Waals surface area contributed by atoms with Crippen molar-refractivity contribution in [3.8, 4) is 0 Å². The van der Waals surface area contributed by atoms with Gasteiger partial charge >= 0.3 is 5.97 Å². The van der Waals surface area contributed by atoms with Crippen LogP contribution in [-0.2, 0) is 14.3 Å². The highest BCUT2D eigenvalue weighted by molar-refractivity contribution is 5.98. The van der Waals surface area contributed by atoms with E-state index in [1.54, 1.807) is 36.2 Å². The first kappa shape index (κ1) is 18.7. The number of rotatable bonds is 7. The van der Waals surface area contributed by atoms with E-state index in [1.165, 1.54) is 18.9 Å². The van der Waals surface area contributed by atoms with E-state index in [1.807, 2.05) is 0 Å². The van der Waals surface area contributed by atoms with Crippen LogP contribution in [0.15, 0.2) is 24.3 Å². The third kappa shape index (κ3) is 5.39. The van der Waals surface area contributed by atoms with Crippen LogP contribution in [0.25, 0.3) is 0 Å². The second-order valence-corrected chi connectivity index (χ2v) is 5.31. The lowest BCUT2D eigenvalue weighted by molar-refractivity contribution is -0.130. The summed E-state index contributed by atoms with van der Waals surface area (Å²) in [5, 5.41) is 0. The monoisotopic (exact) mass is 320 g/mol. The van der Waals surface area contributed by atoms with E-state index in [0.29, 0.717) is 17.8 Å². The number of nitrogens with zero attached hydrogens (tertiary/aromatic N) is 2. The predicted molar refractivity (Wildman–Crippen MR) is 88.4 cm³/mol. The summed E-state index contributed by atoms with van der Waals surface area (Å²) in [5.74, 6) is -0.792. The van der Waals surface area contributed by atoms with Gasteiger partial charge in [0.05, 0.1) is 12.7 Å². The highest BCUT2D eigenvalue weighted by atomic mass is 16.5. The standard InChI is InChI=1S/C17H24N2O4/c1-5-6-11-18(3)16(21)12-19(13(2)20)15-9-7-14(8-10-15)17(22)23-4/h7-10H,5-6,11-12H2,1-4H3. The number of esters is 1. The molecule has 0 aliphatic rings. The minimum atomic E-state index is -0.443. The van der Waals surface area contributed by atoms with Gasteiger partial charge in [-0.05, 0) is 30.7 Å². The van der Waals surface area contributed by atoms with Crippen LogP contribution in [-0.4, -0.2) is 49.9 Å². The van der Waals surface area contributed by atoms with Crippen LogP contribution in [0, 0.1) is 0 Å². The largest absolute Gasteiger partial charge is 0.465 e. The molecule has 1 rings (SSSR count). The zero-order chi connectivity index (χ0) is 17.4. The Morgan fingerprint density at radius 1 is 1.13 bits per heavy atom. The molecule has 0 N–H and O–H groups in total. The van der Waals surface area contributed by atoms with Crippen molar-refractivity contribution >= 4 is 23.5 Å². The minimum Gasteiger partial charge on any atom is -0.465 e. The molecule has 1 aromatic carbocycles. The van der Waals surface area contributed by atoms with Crippen molar-refractivity contribution in [1.29, 1.82) is 0 Å². The van der Waals surface area contributed by atoms with E-state index in [0.717, 1.165) is 12.8 Å². The van der Waals surface area contributed by atoms with Gasteiger partial charge in [-0.3, -0.25) is 9.59 Å². The van der Waals surface area contributed by atoms with Crippen LogP contribution in [0.2, 0.25) is 0 Å². The van der Waals surface area contributed by atoms with E-state index < -0.39 is 5.97 Å². The summed E-state index contributed by atoms with van der Waals surface area (Å²) in [4.78, 5) is 38.5. The van der Waals surface area contributed by atoms with Crippen LogP contribution in [0.5, 0.6) is 0 Å². The molecule has 0 atom stereocenters.